The van der Waals surface area contributed by atoms with Crippen LogP contribution in [0.2, 0.25) is 0 Å². The molecular formula is C25H27F3N4O2. The molecule has 0 aliphatic carbocycles. The second-order valence-corrected chi connectivity index (χ2v) is 8.49. The largest absolute Gasteiger partial charge is 0.383 e. The standard InChI is InChI=1S/C25H27F3N4O2/c1-18(3-2-4-19-5-8-24(23(28)13-19)31-9-11-34-12-10-31)25(33,15-32-17-29-16-30-32)21-7-6-20(26)14-22(21)27/h2,4-8,13-14,16-18,33H,3,9-12,15H2,1H3/b4-2+/t18-,25+/m0/s1. The van der Waals surface area contributed by atoms with Gasteiger partial charge in [0.25, 0.3) is 0 Å². The van der Waals surface area contributed by atoms with Crippen molar-refractivity contribution in [3.63, 3.8) is 0 Å². The Morgan fingerprint density at radius 3 is 2.59 bits per heavy atom. The maximum Gasteiger partial charge on any atom is 0.147 e. The molecule has 6 nitrogen and oxygen atoms in total. The number of aromatic nitrogens is 3. The van der Waals surface area contributed by atoms with Crippen molar-refractivity contribution in [1.29, 1.82) is 0 Å². The summed E-state index contributed by atoms with van der Waals surface area (Å²) in [7, 11) is 0. The zero-order valence-corrected chi connectivity index (χ0v) is 18.9. The van der Waals surface area contributed by atoms with Crippen LogP contribution in [0.25, 0.3) is 6.08 Å². The van der Waals surface area contributed by atoms with Gasteiger partial charge in [-0.3, -0.25) is 0 Å². The van der Waals surface area contributed by atoms with E-state index in [2.05, 4.69) is 10.1 Å². The molecule has 0 radical (unpaired) electrons. The highest BCUT2D eigenvalue weighted by Gasteiger charge is 2.38. The van der Waals surface area contributed by atoms with Gasteiger partial charge in [-0.25, -0.2) is 22.8 Å². The fraction of sp³-hybridized carbons (Fsp3) is 0.360. The lowest BCUT2D eigenvalue weighted by Crippen LogP contribution is -2.39. The fourth-order valence-electron chi connectivity index (χ4n) is 4.20. The van der Waals surface area contributed by atoms with E-state index < -0.39 is 23.2 Å². The second kappa shape index (κ2) is 10.4. The summed E-state index contributed by atoms with van der Waals surface area (Å²) in [6.45, 7) is 4.15. The van der Waals surface area contributed by atoms with Crippen LogP contribution >= 0.6 is 0 Å². The van der Waals surface area contributed by atoms with Gasteiger partial charge in [-0.2, -0.15) is 5.10 Å². The zero-order valence-electron chi connectivity index (χ0n) is 18.9. The summed E-state index contributed by atoms with van der Waals surface area (Å²) < 4.78 is 49.5. The summed E-state index contributed by atoms with van der Waals surface area (Å²) >= 11 is 0. The number of hydrogen-bond acceptors (Lipinski definition) is 5. The topological polar surface area (TPSA) is 63.4 Å². The fourth-order valence-corrected chi connectivity index (χ4v) is 4.20. The van der Waals surface area contributed by atoms with Crippen LogP contribution in [0.1, 0.15) is 24.5 Å². The first-order chi connectivity index (χ1) is 16.4. The molecule has 1 N–H and O–H groups in total. The molecule has 1 aliphatic rings. The first kappa shape index (κ1) is 24.0. The molecule has 0 spiro atoms. The van der Waals surface area contributed by atoms with Gasteiger partial charge < -0.3 is 14.7 Å². The number of allylic oxidation sites excluding steroid dienone is 1. The van der Waals surface area contributed by atoms with E-state index >= 15 is 0 Å². The Hall–Kier alpha value is -3.17. The summed E-state index contributed by atoms with van der Waals surface area (Å²) in [5, 5.41) is 15.6. The predicted octanol–water partition coefficient (Wildman–Crippen LogP) is 4.16. The molecule has 0 bridgehead atoms. The summed E-state index contributed by atoms with van der Waals surface area (Å²) in [6, 6.07) is 8.17. The van der Waals surface area contributed by atoms with Crippen molar-refractivity contribution in [2.75, 3.05) is 31.2 Å². The van der Waals surface area contributed by atoms with Gasteiger partial charge in [0.2, 0.25) is 0 Å². The average Bonchev–Trinajstić information content (AvgIpc) is 3.32. The van der Waals surface area contributed by atoms with E-state index in [1.807, 2.05) is 17.0 Å². The second-order valence-electron chi connectivity index (χ2n) is 8.49. The summed E-state index contributed by atoms with van der Waals surface area (Å²) in [5.41, 5.74) is -0.482. The van der Waals surface area contributed by atoms with Crippen LogP contribution in [0.15, 0.2) is 55.1 Å². The van der Waals surface area contributed by atoms with Gasteiger partial charge in [0.15, 0.2) is 0 Å². The molecule has 1 aromatic heterocycles. The molecule has 0 unspecified atom stereocenters. The van der Waals surface area contributed by atoms with Gasteiger partial charge in [0, 0.05) is 24.7 Å². The number of hydrogen-bond donors (Lipinski definition) is 1. The summed E-state index contributed by atoms with van der Waals surface area (Å²) in [6.07, 6.45) is 6.67. The quantitative estimate of drug-likeness (QED) is 0.534. The minimum Gasteiger partial charge on any atom is -0.383 e. The van der Waals surface area contributed by atoms with Crippen LogP contribution < -0.4 is 4.90 Å². The van der Waals surface area contributed by atoms with E-state index in [1.54, 1.807) is 19.1 Å². The highest BCUT2D eigenvalue weighted by atomic mass is 19.1. The minimum absolute atomic E-state index is 0.0220. The van der Waals surface area contributed by atoms with E-state index in [4.69, 9.17) is 4.74 Å². The Kier molecular flexibility index (Phi) is 7.33. The molecule has 1 saturated heterocycles. The van der Waals surface area contributed by atoms with E-state index in [-0.39, 0.29) is 17.9 Å². The number of ether oxygens (including phenoxy) is 1. The van der Waals surface area contributed by atoms with Crippen LogP contribution in [0.5, 0.6) is 0 Å². The number of halogens is 3. The molecule has 0 amide bonds. The van der Waals surface area contributed by atoms with Crippen molar-refractivity contribution in [2.45, 2.75) is 25.5 Å². The van der Waals surface area contributed by atoms with Crippen LogP contribution in [0.4, 0.5) is 18.9 Å². The highest BCUT2D eigenvalue weighted by molar-refractivity contribution is 5.57. The number of nitrogens with zero attached hydrogens (tertiary/aromatic N) is 4. The van der Waals surface area contributed by atoms with Gasteiger partial charge >= 0.3 is 0 Å². The Bertz CT molecular complexity index is 1130. The van der Waals surface area contributed by atoms with Crippen molar-refractivity contribution in [3.8, 4) is 0 Å². The van der Waals surface area contributed by atoms with Gasteiger partial charge in [-0.1, -0.05) is 31.2 Å². The third-order valence-electron chi connectivity index (χ3n) is 6.21. The molecule has 3 aromatic rings. The van der Waals surface area contributed by atoms with Crippen molar-refractivity contribution < 1.29 is 23.0 Å². The molecule has 1 fully saturated rings. The van der Waals surface area contributed by atoms with Crippen molar-refractivity contribution in [2.24, 2.45) is 5.92 Å². The van der Waals surface area contributed by atoms with Crippen LogP contribution in [-0.4, -0.2) is 46.2 Å². The molecule has 0 saturated carbocycles. The van der Waals surface area contributed by atoms with Gasteiger partial charge in [0.1, 0.15) is 35.7 Å². The smallest absolute Gasteiger partial charge is 0.147 e. The van der Waals surface area contributed by atoms with Gasteiger partial charge in [0.05, 0.1) is 25.4 Å². The third kappa shape index (κ3) is 5.31. The maximum atomic E-state index is 14.7. The number of morpholine rings is 1. The van der Waals surface area contributed by atoms with Crippen LogP contribution in [-0.2, 0) is 16.9 Å². The maximum absolute atomic E-state index is 14.7. The SMILES string of the molecule is C[C@@H](C/C=C/c1ccc(N2CCOCC2)c(F)c1)[C@](O)(Cn1cncn1)c1ccc(F)cc1F. The van der Waals surface area contributed by atoms with Gasteiger partial charge in [-0.15, -0.1) is 0 Å². The molecule has 34 heavy (non-hydrogen) atoms. The summed E-state index contributed by atoms with van der Waals surface area (Å²) in [4.78, 5) is 5.83. The molecule has 2 aromatic carbocycles. The van der Waals surface area contributed by atoms with Crippen molar-refractivity contribution >= 4 is 11.8 Å². The monoisotopic (exact) mass is 472 g/mol. The van der Waals surface area contributed by atoms with E-state index in [1.165, 1.54) is 29.5 Å². The molecule has 2 heterocycles. The Labute approximate surface area is 196 Å². The van der Waals surface area contributed by atoms with Gasteiger partial charge in [-0.05, 0) is 36.1 Å². The molecule has 2 atom stereocenters. The van der Waals surface area contributed by atoms with E-state index in [0.29, 0.717) is 44.0 Å². The Balaban J connectivity index is 1.51. The van der Waals surface area contributed by atoms with Crippen LogP contribution in [0.3, 0.4) is 0 Å². The average molecular weight is 473 g/mol. The summed E-state index contributed by atoms with van der Waals surface area (Å²) in [5.74, 6) is -2.35. The number of anilines is 1. The first-order valence-electron chi connectivity index (χ1n) is 11.2. The van der Waals surface area contributed by atoms with E-state index in [9.17, 15) is 18.3 Å². The predicted molar refractivity (Wildman–Crippen MR) is 123 cm³/mol. The lowest BCUT2D eigenvalue weighted by molar-refractivity contribution is -0.0379. The molecule has 4 rings (SSSR count). The molecular weight excluding hydrogens is 445 g/mol. The Morgan fingerprint density at radius 1 is 1.12 bits per heavy atom. The minimum atomic E-state index is -1.68. The first-order valence-corrected chi connectivity index (χ1v) is 11.2. The van der Waals surface area contributed by atoms with E-state index in [0.717, 1.165) is 12.1 Å². The lowest BCUT2D eigenvalue weighted by Gasteiger charge is -2.34. The third-order valence-corrected chi connectivity index (χ3v) is 6.21. The van der Waals surface area contributed by atoms with Crippen LogP contribution in [0, 0.1) is 23.4 Å². The lowest BCUT2D eigenvalue weighted by atomic mass is 9.80. The normalized spacial score (nSPS) is 17.1. The number of aliphatic hydroxyl groups is 1. The highest BCUT2D eigenvalue weighted by Crippen LogP contribution is 2.36. The van der Waals surface area contributed by atoms with Crippen molar-refractivity contribution in [3.05, 3.63) is 83.7 Å². The molecule has 1 aliphatic heterocycles. The molecule has 180 valence electrons. The Morgan fingerprint density at radius 2 is 1.91 bits per heavy atom. The molecule has 9 heteroatoms. The number of rotatable bonds is 8. The number of benzene rings is 2. The zero-order chi connectivity index (χ0) is 24.1. The van der Waals surface area contributed by atoms with Crippen molar-refractivity contribution in [1.82, 2.24) is 14.8 Å².